The summed E-state index contributed by atoms with van der Waals surface area (Å²) in [7, 11) is 0. The van der Waals surface area contributed by atoms with E-state index in [2.05, 4.69) is 103 Å². The molecule has 0 nitrogen and oxygen atoms in total. The Hall–Kier alpha value is -0.350. The standard InChI is InChI=1S/C20H26BrI/c1-19(2,3)15-7-11-17(12-8-15)22(21)18-13-9-16(10-14-18)20(4,5)6/h7-14H,1-6H3. The normalized spacial score (nSPS) is 13.1. The van der Waals surface area contributed by atoms with Gasteiger partial charge in [0.2, 0.25) is 0 Å². The number of benzene rings is 2. The van der Waals surface area contributed by atoms with E-state index in [-0.39, 0.29) is 10.8 Å². The van der Waals surface area contributed by atoms with Crippen molar-refractivity contribution in [2.24, 2.45) is 0 Å². The van der Waals surface area contributed by atoms with Gasteiger partial charge in [0.05, 0.1) is 0 Å². The second-order valence-electron chi connectivity index (χ2n) is 7.75. The molecule has 0 saturated heterocycles. The Bertz CT molecular complexity index is 555. The maximum absolute atomic E-state index is 4.00. The van der Waals surface area contributed by atoms with Gasteiger partial charge < -0.3 is 0 Å². The average molecular weight is 473 g/mol. The zero-order chi connectivity index (χ0) is 16.5. The molecule has 0 aliphatic rings. The molecule has 0 aliphatic heterocycles. The summed E-state index contributed by atoms with van der Waals surface area (Å²) in [5.74, 6) is 0. The molecule has 22 heavy (non-hydrogen) atoms. The molecule has 0 spiro atoms. The van der Waals surface area contributed by atoms with Crippen LogP contribution in [0.5, 0.6) is 0 Å². The molecule has 120 valence electrons. The van der Waals surface area contributed by atoms with E-state index in [1.54, 1.807) is 0 Å². The van der Waals surface area contributed by atoms with E-state index in [4.69, 9.17) is 0 Å². The van der Waals surface area contributed by atoms with Crippen LogP contribution in [0.2, 0.25) is 0 Å². The van der Waals surface area contributed by atoms with Crippen molar-refractivity contribution in [3.8, 4) is 0 Å². The Labute approximate surface area is 148 Å². The second kappa shape index (κ2) is 6.64. The Balaban J connectivity index is 2.23. The molecule has 2 aromatic carbocycles. The maximum atomic E-state index is 4.00. The summed E-state index contributed by atoms with van der Waals surface area (Å²) in [4.78, 5) is 0. The molecule has 0 aromatic heterocycles. The molecule has 0 bridgehead atoms. The first-order chi connectivity index (χ1) is 10.1. The molecule has 0 N–H and O–H groups in total. The summed E-state index contributed by atoms with van der Waals surface area (Å²) in [6, 6.07) is 18.3. The molecule has 2 aromatic rings. The van der Waals surface area contributed by atoms with Crippen molar-refractivity contribution in [1.29, 1.82) is 0 Å². The van der Waals surface area contributed by atoms with Crippen LogP contribution in [-0.2, 0) is 10.8 Å². The van der Waals surface area contributed by atoms with Gasteiger partial charge in [0.15, 0.2) is 0 Å². The summed E-state index contributed by atoms with van der Waals surface area (Å²) < 4.78 is 2.92. The molecule has 0 unspecified atom stereocenters. The summed E-state index contributed by atoms with van der Waals surface area (Å²) in [5.41, 5.74) is 3.24. The van der Waals surface area contributed by atoms with Crippen LogP contribution in [0.3, 0.4) is 0 Å². The molecule has 2 heteroatoms. The summed E-state index contributed by atoms with van der Waals surface area (Å²) in [5, 5.41) is 0. The molecule has 0 aliphatic carbocycles. The van der Waals surface area contributed by atoms with Crippen molar-refractivity contribution in [2.75, 3.05) is 0 Å². The van der Waals surface area contributed by atoms with Gasteiger partial charge in [-0.05, 0) is 0 Å². The fraction of sp³-hybridized carbons (Fsp3) is 0.400. The van der Waals surface area contributed by atoms with Crippen LogP contribution in [0, 0.1) is 7.14 Å². The van der Waals surface area contributed by atoms with Gasteiger partial charge in [-0.2, -0.15) is 0 Å². The Kier molecular flexibility index (Phi) is 5.43. The van der Waals surface area contributed by atoms with Gasteiger partial charge in [0, 0.05) is 0 Å². The van der Waals surface area contributed by atoms with Crippen molar-refractivity contribution >= 4 is 30.3 Å². The molecule has 2 rings (SSSR count). The predicted octanol–water partition coefficient (Wildman–Crippen LogP) is 7.14. The van der Waals surface area contributed by atoms with E-state index in [0.717, 1.165) is 0 Å². The average Bonchev–Trinajstić information content (AvgIpc) is 2.45. The van der Waals surface area contributed by atoms with Crippen molar-refractivity contribution < 1.29 is 0 Å². The SMILES string of the molecule is CC(C)(C)c1ccc(I(Br)c2ccc(C(C)(C)C)cc2)cc1. The number of hydrogen-bond donors (Lipinski definition) is 0. The third-order valence-electron chi connectivity index (χ3n) is 3.80. The van der Waals surface area contributed by atoms with Crippen LogP contribution >= 0.6 is 30.3 Å². The van der Waals surface area contributed by atoms with Crippen molar-refractivity contribution in [1.82, 2.24) is 0 Å². The summed E-state index contributed by atoms with van der Waals surface area (Å²) in [6.45, 7) is 13.6. The van der Waals surface area contributed by atoms with Crippen LogP contribution in [0.1, 0.15) is 52.7 Å². The minimum atomic E-state index is -1.45. The third kappa shape index (κ3) is 4.35. The number of halogens is 2. The van der Waals surface area contributed by atoms with Gasteiger partial charge in [-0.15, -0.1) is 0 Å². The van der Waals surface area contributed by atoms with Crippen LogP contribution in [-0.4, -0.2) is 0 Å². The van der Waals surface area contributed by atoms with Crippen LogP contribution in [0.4, 0.5) is 0 Å². The van der Waals surface area contributed by atoms with Crippen LogP contribution in [0.25, 0.3) is 0 Å². The fourth-order valence-electron chi connectivity index (χ4n) is 2.25. The first kappa shape index (κ1) is 18.0. The fourth-order valence-corrected chi connectivity index (χ4v) is 7.63. The molecule has 0 radical (unpaired) electrons. The van der Waals surface area contributed by atoms with Crippen molar-refractivity contribution in [3.05, 3.63) is 66.8 Å². The zero-order valence-electron chi connectivity index (χ0n) is 14.4. The van der Waals surface area contributed by atoms with Gasteiger partial charge in [-0.1, -0.05) is 0 Å². The Morgan fingerprint density at radius 1 is 0.591 bits per heavy atom. The molecular formula is C20H26BrI. The van der Waals surface area contributed by atoms with Crippen molar-refractivity contribution in [2.45, 2.75) is 52.4 Å². The van der Waals surface area contributed by atoms with Crippen molar-refractivity contribution in [3.63, 3.8) is 0 Å². The molecule has 0 saturated carbocycles. The van der Waals surface area contributed by atoms with Gasteiger partial charge in [0.25, 0.3) is 0 Å². The molecular weight excluding hydrogens is 447 g/mol. The third-order valence-corrected chi connectivity index (χ3v) is 12.1. The second-order valence-corrected chi connectivity index (χ2v) is 15.6. The van der Waals surface area contributed by atoms with Gasteiger partial charge in [-0.25, -0.2) is 0 Å². The quantitative estimate of drug-likeness (QED) is 0.407. The molecule has 0 heterocycles. The Morgan fingerprint density at radius 3 is 1.09 bits per heavy atom. The molecule has 0 fully saturated rings. The number of hydrogen-bond acceptors (Lipinski definition) is 0. The first-order valence-corrected chi connectivity index (χ1v) is 14.7. The van der Waals surface area contributed by atoms with Gasteiger partial charge >= 0.3 is 149 Å². The van der Waals surface area contributed by atoms with Gasteiger partial charge in [0.1, 0.15) is 0 Å². The molecule has 0 amide bonds. The van der Waals surface area contributed by atoms with Crippen LogP contribution in [0.15, 0.2) is 48.5 Å². The summed E-state index contributed by atoms with van der Waals surface area (Å²) in [6.07, 6.45) is 0. The summed E-state index contributed by atoms with van der Waals surface area (Å²) >= 11 is 2.55. The Morgan fingerprint density at radius 2 is 0.864 bits per heavy atom. The molecule has 0 atom stereocenters. The monoisotopic (exact) mass is 472 g/mol. The van der Waals surface area contributed by atoms with Gasteiger partial charge in [-0.3, -0.25) is 0 Å². The zero-order valence-corrected chi connectivity index (χ0v) is 18.1. The van der Waals surface area contributed by atoms with Crippen LogP contribution < -0.4 is 0 Å². The van der Waals surface area contributed by atoms with E-state index in [0.29, 0.717) is 0 Å². The van der Waals surface area contributed by atoms with E-state index in [1.807, 2.05) is 0 Å². The van der Waals surface area contributed by atoms with E-state index < -0.39 is 17.6 Å². The van der Waals surface area contributed by atoms with E-state index in [9.17, 15) is 0 Å². The predicted molar refractivity (Wildman–Crippen MR) is 111 cm³/mol. The number of rotatable bonds is 2. The first-order valence-electron chi connectivity index (χ1n) is 7.66. The minimum absolute atomic E-state index is 0.220. The van der Waals surface area contributed by atoms with E-state index in [1.165, 1.54) is 18.3 Å². The topological polar surface area (TPSA) is 0 Å². The van der Waals surface area contributed by atoms with E-state index >= 15 is 0 Å².